The van der Waals surface area contributed by atoms with E-state index in [1.54, 1.807) is 0 Å². The molecule has 0 aliphatic carbocycles. The fraction of sp³-hybridized carbons (Fsp3) is 0.391. The van der Waals surface area contributed by atoms with E-state index >= 15 is 0 Å². The molecule has 7 nitrogen and oxygen atoms in total. The quantitative estimate of drug-likeness (QED) is 0.502. The molecule has 30 heavy (non-hydrogen) atoms. The van der Waals surface area contributed by atoms with Gasteiger partial charge < -0.3 is 25.1 Å². The smallest absolute Gasteiger partial charge is 0.258 e. The number of ether oxygens (including phenoxy) is 2. The predicted molar refractivity (Wildman–Crippen MR) is 118 cm³/mol. The van der Waals surface area contributed by atoms with Gasteiger partial charge in [-0.25, -0.2) is 4.98 Å². The van der Waals surface area contributed by atoms with E-state index in [-0.39, 0.29) is 18.1 Å². The van der Waals surface area contributed by atoms with Crippen LogP contribution < -0.4 is 20.1 Å². The molecule has 0 spiro atoms. The summed E-state index contributed by atoms with van der Waals surface area (Å²) in [7, 11) is 0. The van der Waals surface area contributed by atoms with Gasteiger partial charge in [0.25, 0.3) is 5.91 Å². The molecule has 0 bridgehead atoms. The molecule has 1 amide bonds. The van der Waals surface area contributed by atoms with Crippen molar-refractivity contribution in [2.45, 2.75) is 46.3 Å². The van der Waals surface area contributed by atoms with Gasteiger partial charge in [-0.2, -0.15) is 0 Å². The van der Waals surface area contributed by atoms with Crippen molar-refractivity contribution in [3.05, 3.63) is 53.9 Å². The summed E-state index contributed by atoms with van der Waals surface area (Å²) in [4.78, 5) is 19.9. The fourth-order valence-electron chi connectivity index (χ4n) is 3.06. The summed E-state index contributed by atoms with van der Waals surface area (Å²) < 4.78 is 11.4. The molecule has 0 fully saturated rings. The molecule has 3 rings (SSSR count). The van der Waals surface area contributed by atoms with Gasteiger partial charge in [0.2, 0.25) is 0 Å². The molecule has 7 heteroatoms. The number of nitrogens with zero attached hydrogens (tertiary/aromatic N) is 1. The van der Waals surface area contributed by atoms with E-state index in [1.807, 2.05) is 70.2 Å². The van der Waals surface area contributed by atoms with Crippen LogP contribution in [0.2, 0.25) is 0 Å². The van der Waals surface area contributed by atoms with Crippen molar-refractivity contribution in [3.8, 4) is 11.5 Å². The van der Waals surface area contributed by atoms with Gasteiger partial charge in [-0.15, -0.1) is 0 Å². The first-order chi connectivity index (χ1) is 14.3. The molecule has 1 aromatic heterocycles. The highest BCUT2D eigenvalue weighted by Gasteiger charge is 2.15. The van der Waals surface area contributed by atoms with Crippen LogP contribution in [-0.4, -0.2) is 34.6 Å². The van der Waals surface area contributed by atoms with Crippen molar-refractivity contribution in [2.75, 3.05) is 13.2 Å². The predicted octanol–water partition coefficient (Wildman–Crippen LogP) is 3.54. The number of amides is 1. The number of carbonyl (C=O) groups excluding carboxylic acids is 1. The lowest BCUT2D eigenvalue weighted by Crippen LogP contribution is -2.43. The van der Waals surface area contributed by atoms with Gasteiger partial charge in [-0.05, 0) is 57.5 Å². The summed E-state index contributed by atoms with van der Waals surface area (Å²) in [5.41, 5.74) is 2.76. The third-order valence-corrected chi connectivity index (χ3v) is 4.24. The first kappa shape index (κ1) is 21.6. The number of H-pyrrole nitrogens is 1. The van der Waals surface area contributed by atoms with Crippen LogP contribution in [-0.2, 0) is 17.9 Å². The minimum absolute atomic E-state index is 0.0546. The lowest BCUT2D eigenvalue weighted by atomic mass is 10.1. The number of hydrogen-bond donors (Lipinski definition) is 3. The van der Waals surface area contributed by atoms with Gasteiger partial charge in [-0.3, -0.25) is 4.79 Å². The lowest BCUT2D eigenvalue weighted by molar-refractivity contribution is -0.124. The highest BCUT2D eigenvalue weighted by Crippen LogP contribution is 2.28. The van der Waals surface area contributed by atoms with Crippen molar-refractivity contribution in [1.82, 2.24) is 20.6 Å². The maximum atomic E-state index is 12.0. The molecule has 0 unspecified atom stereocenters. The molecule has 1 heterocycles. The fourth-order valence-corrected chi connectivity index (χ4v) is 3.06. The van der Waals surface area contributed by atoms with Gasteiger partial charge in [0.05, 0.1) is 24.2 Å². The van der Waals surface area contributed by atoms with E-state index in [9.17, 15) is 4.79 Å². The van der Waals surface area contributed by atoms with E-state index in [4.69, 9.17) is 9.47 Å². The standard InChI is InChI=1S/C23H30N4O3/c1-5-29-20-12-16(10-11-19(20)30-15-22(28)27-23(2,3)4)13-24-14-21-25-17-8-6-7-9-18(17)26-21/h6-12,24H,5,13-15H2,1-4H3,(H,25,26)(H,27,28). The summed E-state index contributed by atoms with van der Waals surface area (Å²) in [6, 6.07) is 13.7. The second-order valence-electron chi connectivity index (χ2n) is 8.11. The molecule has 0 saturated carbocycles. The monoisotopic (exact) mass is 410 g/mol. The second kappa shape index (κ2) is 9.63. The number of carbonyl (C=O) groups is 1. The second-order valence-corrected chi connectivity index (χ2v) is 8.11. The van der Waals surface area contributed by atoms with E-state index in [2.05, 4.69) is 20.6 Å². The molecular weight excluding hydrogens is 380 g/mol. The highest BCUT2D eigenvalue weighted by molar-refractivity contribution is 5.78. The Hall–Kier alpha value is -3.06. The molecule has 0 atom stereocenters. The Labute approximate surface area is 177 Å². The topological polar surface area (TPSA) is 88.3 Å². The normalized spacial score (nSPS) is 11.5. The van der Waals surface area contributed by atoms with Crippen LogP contribution in [0.15, 0.2) is 42.5 Å². The Morgan fingerprint density at radius 2 is 1.87 bits per heavy atom. The third-order valence-electron chi connectivity index (χ3n) is 4.24. The number of para-hydroxylation sites is 2. The van der Waals surface area contributed by atoms with Gasteiger partial charge in [-0.1, -0.05) is 18.2 Å². The van der Waals surface area contributed by atoms with Gasteiger partial charge in [0.1, 0.15) is 5.82 Å². The van der Waals surface area contributed by atoms with Crippen LogP contribution in [0.25, 0.3) is 11.0 Å². The molecule has 3 N–H and O–H groups in total. The number of fused-ring (bicyclic) bond motifs is 1. The first-order valence-corrected chi connectivity index (χ1v) is 10.2. The Balaban J connectivity index is 1.57. The van der Waals surface area contributed by atoms with Gasteiger partial charge in [0.15, 0.2) is 18.1 Å². The summed E-state index contributed by atoms with van der Waals surface area (Å²) in [5.74, 6) is 1.92. The van der Waals surface area contributed by atoms with Crippen molar-refractivity contribution in [2.24, 2.45) is 0 Å². The Morgan fingerprint density at radius 1 is 1.07 bits per heavy atom. The average molecular weight is 411 g/mol. The average Bonchev–Trinajstić information content (AvgIpc) is 3.09. The number of nitrogens with one attached hydrogen (secondary N) is 3. The zero-order valence-corrected chi connectivity index (χ0v) is 18.0. The maximum absolute atomic E-state index is 12.0. The number of hydrogen-bond acceptors (Lipinski definition) is 5. The first-order valence-electron chi connectivity index (χ1n) is 10.2. The van der Waals surface area contributed by atoms with Gasteiger partial charge >= 0.3 is 0 Å². The number of benzene rings is 2. The molecule has 0 saturated heterocycles. The number of imidazole rings is 1. The zero-order valence-electron chi connectivity index (χ0n) is 18.0. The van der Waals surface area contributed by atoms with Crippen molar-refractivity contribution in [1.29, 1.82) is 0 Å². The van der Waals surface area contributed by atoms with Crippen molar-refractivity contribution < 1.29 is 14.3 Å². The van der Waals surface area contributed by atoms with Crippen molar-refractivity contribution >= 4 is 16.9 Å². The Bertz CT molecular complexity index is 959. The van der Waals surface area contributed by atoms with E-state index in [0.29, 0.717) is 31.2 Å². The number of rotatable bonds is 9. The molecule has 0 aliphatic rings. The Morgan fingerprint density at radius 3 is 2.60 bits per heavy atom. The number of aromatic nitrogens is 2. The molecule has 0 radical (unpaired) electrons. The van der Waals surface area contributed by atoms with Crippen LogP contribution in [0.1, 0.15) is 39.1 Å². The minimum Gasteiger partial charge on any atom is -0.490 e. The summed E-state index contributed by atoms with van der Waals surface area (Å²) in [6.45, 7) is 9.47. The maximum Gasteiger partial charge on any atom is 0.258 e. The number of aromatic amines is 1. The summed E-state index contributed by atoms with van der Waals surface area (Å²) >= 11 is 0. The van der Waals surface area contributed by atoms with E-state index in [1.165, 1.54) is 0 Å². The van der Waals surface area contributed by atoms with Crippen molar-refractivity contribution in [3.63, 3.8) is 0 Å². The molecule has 3 aromatic rings. The highest BCUT2D eigenvalue weighted by atomic mass is 16.5. The van der Waals surface area contributed by atoms with Crippen LogP contribution >= 0.6 is 0 Å². The SMILES string of the molecule is CCOc1cc(CNCc2nc3ccccc3[nH]2)ccc1OCC(=O)NC(C)(C)C. The minimum atomic E-state index is -0.293. The molecule has 2 aromatic carbocycles. The summed E-state index contributed by atoms with van der Waals surface area (Å²) in [6.07, 6.45) is 0. The Kier molecular flexibility index (Phi) is 6.95. The van der Waals surface area contributed by atoms with Gasteiger partial charge in [0, 0.05) is 12.1 Å². The molecule has 0 aliphatic heterocycles. The third kappa shape index (κ3) is 6.22. The van der Waals surface area contributed by atoms with E-state index < -0.39 is 0 Å². The lowest BCUT2D eigenvalue weighted by Gasteiger charge is -2.21. The van der Waals surface area contributed by atoms with Crippen LogP contribution in [0.3, 0.4) is 0 Å². The largest absolute Gasteiger partial charge is 0.490 e. The van der Waals surface area contributed by atoms with E-state index in [0.717, 1.165) is 22.4 Å². The van der Waals surface area contributed by atoms with Crippen LogP contribution in [0.4, 0.5) is 0 Å². The van der Waals surface area contributed by atoms with Crippen LogP contribution in [0.5, 0.6) is 11.5 Å². The molecule has 160 valence electrons. The summed E-state index contributed by atoms with van der Waals surface area (Å²) in [5, 5.41) is 6.27. The molecular formula is C23H30N4O3. The zero-order chi connectivity index (χ0) is 21.6. The van der Waals surface area contributed by atoms with Crippen LogP contribution in [0, 0.1) is 0 Å².